The summed E-state index contributed by atoms with van der Waals surface area (Å²) in [5.41, 5.74) is 2.03. The molecule has 2 aromatic rings. The van der Waals surface area contributed by atoms with E-state index < -0.39 is 6.43 Å². The molecule has 2 N–H and O–H groups in total. The van der Waals surface area contributed by atoms with Crippen LogP contribution in [0.2, 0.25) is 5.02 Å². The molecular formula is C16H16ClF2N5O. The van der Waals surface area contributed by atoms with Gasteiger partial charge in [-0.25, -0.2) is 18.7 Å². The molecule has 0 aliphatic carbocycles. The number of nitrogens with two attached hydrogens (primary N) is 1. The summed E-state index contributed by atoms with van der Waals surface area (Å²) in [4.78, 5) is 12.3. The van der Waals surface area contributed by atoms with Crippen molar-refractivity contribution in [2.24, 2.45) is 15.9 Å². The van der Waals surface area contributed by atoms with E-state index in [-0.39, 0.29) is 28.9 Å². The zero-order valence-electron chi connectivity index (χ0n) is 13.6. The van der Waals surface area contributed by atoms with Crippen LogP contribution in [0.3, 0.4) is 0 Å². The van der Waals surface area contributed by atoms with Crippen LogP contribution in [-0.2, 0) is 0 Å². The van der Waals surface area contributed by atoms with Gasteiger partial charge in [-0.05, 0) is 37.6 Å². The largest absolute Gasteiger partial charge is 0.457 e. The van der Waals surface area contributed by atoms with Crippen molar-refractivity contribution < 1.29 is 13.5 Å². The molecule has 6 nitrogen and oxygen atoms in total. The van der Waals surface area contributed by atoms with Gasteiger partial charge in [0.25, 0.3) is 6.43 Å². The number of alkyl halides is 2. The van der Waals surface area contributed by atoms with Crippen molar-refractivity contribution in [2.45, 2.75) is 20.3 Å². The summed E-state index contributed by atoms with van der Waals surface area (Å²) < 4.78 is 31.1. The van der Waals surface area contributed by atoms with Crippen LogP contribution in [0.4, 0.5) is 14.5 Å². The predicted octanol–water partition coefficient (Wildman–Crippen LogP) is 3.78. The topological polar surface area (TPSA) is 85.8 Å². The molecule has 2 rings (SSSR count). The maximum Gasteiger partial charge on any atom is 0.316 e. The SMILES string of the molecule is Cc1cnc(OCC(C=Nc2ccc(Cl)c(C(F)F)c2)=NN)nc1C. The quantitative estimate of drug-likeness (QED) is 0.478. The summed E-state index contributed by atoms with van der Waals surface area (Å²) in [6.45, 7) is 3.71. The van der Waals surface area contributed by atoms with Gasteiger partial charge in [-0.15, -0.1) is 0 Å². The van der Waals surface area contributed by atoms with Crippen LogP contribution in [0.25, 0.3) is 0 Å². The van der Waals surface area contributed by atoms with Crippen molar-refractivity contribution in [2.75, 3.05) is 6.61 Å². The molecule has 0 amide bonds. The molecule has 0 saturated heterocycles. The number of ether oxygens (including phenoxy) is 1. The third-order valence-electron chi connectivity index (χ3n) is 3.29. The van der Waals surface area contributed by atoms with Crippen molar-refractivity contribution in [1.82, 2.24) is 9.97 Å². The number of hydrazone groups is 1. The smallest absolute Gasteiger partial charge is 0.316 e. The van der Waals surface area contributed by atoms with Crippen LogP contribution >= 0.6 is 11.6 Å². The summed E-state index contributed by atoms with van der Waals surface area (Å²) >= 11 is 5.71. The second-order valence-electron chi connectivity index (χ2n) is 5.09. The van der Waals surface area contributed by atoms with Crippen molar-refractivity contribution in [1.29, 1.82) is 0 Å². The van der Waals surface area contributed by atoms with Gasteiger partial charge in [-0.2, -0.15) is 5.10 Å². The van der Waals surface area contributed by atoms with Crippen molar-refractivity contribution in [3.63, 3.8) is 0 Å². The molecule has 0 bridgehead atoms. The number of aryl methyl sites for hydroxylation is 2. The Morgan fingerprint density at radius 2 is 2.16 bits per heavy atom. The van der Waals surface area contributed by atoms with E-state index in [1.807, 2.05) is 13.8 Å². The number of aliphatic imine (C=N–C) groups is 1. The summed E-state index contributed by atoms with van der Waals surface area (Å²) in [5, 5.41) is 3.53. The number of hydrogen-bond acceptors (Lipinski definition) is 6. The molecule has 25 heavy (non-hydrogen) atoms. The number of aromatic nitrogens is 2. The van der Waals surface area contributed by atoms with Gasteiger partial charge in [0.2, 0.25) is 0 Å². The van der Waals surface area contributed by atoms with E-state index in [0.29, 0.717) is 5.69 Å². The Labute approximate surface area is 148 Å². The fourth-order valence-corrected chi connectivity index (χ4v) is 1.95. The maximum atomic E-state index is 12.8. The van der Waals surface area contributed by atoms with Gasteiger partial charge in [0.05, 0.1) is 11.9 Å². The molecular weight excluding hydrogens is 352 g/mol. The van der Waals surface area contributed by atoms with Gasteiger partial charge in [-0.3, -0.25) is 4.99 Å². The van der Waals surface area contributed by atoms with E-state index in [4.69, 9.17) is 22.2 Å². The number of benzene rings is 1. The number of rotatable bonds is 6. The first-order valence-corrected chi connectivity index (χ1v) is 7.60. The molecule has 1 aromatic carbocycles. The molecule has 1 aromatic heterocycles. The highest BCUT2D eigenvalue weighted by atomic mass is 35.5. The van der Waals surface area contributed by atoms with E-state index in [1.54, 1.807) is 6.20 Å². The highest BCUT2D eigenvalue weighted by molar-refractivity contribution is 6.32. The molecule has 0 radical (unpaired) electrons. The van der Waals surface area contributed by atoms with Crippen LogP contribution in [0.15, 0.2) is 34.5 Å². The summed E-state index contributed by atoms with van der Waals surface area (Å²) in [6.07, 6.45) is 0.278. The van der Waals surface area contributed by atoms with Crippen LogP contribution in [-0.4, -0.2) is 28.5 Å². The minimum Gasteiger partial charge on any atom is -0.457 e. The highest BCUT2D eigenvalue weighted by Crippen LogP contribution is 2.30. The minimum absolute atomic E-state index is 0.0161. The van der Waals surface area contributed by atoms with Crippen LogP contribution < -0.4 is 10.6 Å². The fourth-order valence-electron chi connectivity index (χ4n) is 1.75. The third-order valence-corrected chi connectivity index (χ3v) is 3.64. The molecule has 0 saturated carbocycles. The van der Waals surface area contributed by atoms with Gasteiger partial charge in [0.1, 0.15) is 12.3 Å². The fraction of sp³-hybridized carbons (Fsp3) is 0.250. The number of nitrogens with zero attached hydrogens (tertiary/aromatic N) is 4. The summed E-state index contributed by atoms with van der Waals surface area (Å²) in [7, 11) is 0. The molecule has 0 atom stereocenters. The summed E-state index contributed by atoms with van der Waals surface area (Å²) in [6, 6.07) is 4.25. The zero-order chi connectivity index (χ0) is 18.4. The lowest BCUT2D eigenvalue weighted by Crippen LogP contribution is -2.16. The average molecular weight is 368 g/mol. The van der Waals surface area contributed by atoms with Gasteiger partial charge >= 0.3 is 6.01 Å². The third kappa shape index (κ3) is 5.18. The molecule has 0 aliphatic heterocycles. The Morgan fingerprint density at radius 3 is 2.80 bits per heavy atom. The zero-order valence-corrected chi connectivity index (χ0v) is 14.3. The van der Waals surface area contributed by atoms with Crippen LogP contribution in [0.1, 0.15) is 23.2 Å². The second kappa shape index (κ2) is 8.48. The highest BCUT2D eigenvalue weighted by Gasteiger charge is 2.12. The maximum absolute atomic E-state index is 12.8. The lowest BCUT2D eigenvalue weighted by atomic mass is 10.2. The first-order chi connectivity index (χ1) is 11.9. The van der Waals surface area contributed by atoms with E-state index >= 15 is 0 Å². The Morgan fingerprint density at radius 1 is 1.40 bits per heavy atom. The normalized spacial score (nSPS) is 12.2. The number of hydrogen-bond donors (Lipinski definition) is 1. The molecule has 0 spiro atoms. The first-order valence-electron chi connectivity index (χ1n) is 7.22. The molecule has 1 heterocycles. The molecule has 132 valence electrons. The molecule has 9 heteroatoms. The van der Waals surface area contributed by atoms with E-state index in [2.05, 4.69) is 20.1 Å². The van der Waals surface area contributed by atoms with Gasteiger partial charge in [0.15, 0.2) is 0 Å². The van der Waals surface area contributed by atoms with Crippen molar-refractivity contribution >= 4 is 29.2 Å². The Bertz CT molecular complexity index is 811. The average Bonchev–Trinajstić information content (AvgIpc) is 2.59. The van der Waals surface area contributed by atoms with Crippen LogP contribution in [0.5, 0.6) is 6.01 Å². The van der Waals surface area contributed by atoms with Crippen LogP contribution in [0, 0.1) is 13.8 Å². The van der Waals surface area contributed by atoms with E-state index in [1.165, 1.54) is 24.4 Å². The van der Waals surface area contributed by atoms with Gasteiger partial charge in [0, 0.05) is 22.5 Å². The Kier molecular flexibility index (Phi) is 6.35. The lowest BCUT2D eigenvalue weighted by Gasteiger charge is -2.06. The van der Waals surface area contributed by atoms with E-state index in [0.717, 1.165) is 11.3 Å². The van der Waals surface area contributed by atoms with Crippen molar-refractivity contribution in [3.8, 4) is 6.01 Å². The second-order valence-corrected chi connectivity index (χ2v) is 5.50. The first kappa shape index (κ1) is 18.7. The molecule has 0 aliphatic rings. The van der Waals surface area contributed by atoms with E-state index in [9.17, 15) is 8.78 Å². The van der Waals surface area contributed by atoms with Gasteiger partial charge < -0.3 is 10.6 Å². The molecule has 0 fully saturated rings. The standard InChI is InChI=1S/C16H16ClF2N5O/c1-9-6-22-16(23-10(9)2)25-8-12(24-20)7-21-11-3-4-14(17)13(5-11)15(18)19/h3-7,15H,8,20H2,1-2H3. The Hall–Kier alpha value is -2.61. The monoisotopic (exact) mass is 367 g/mol. The predicted molar refractivity (Wildman–Crippen MR) is 93.2 cm³/mol. The minimum atomic E-state index is -2.68. The lowest BCUT2D eigenvalue weighted by molar-refractivity contribution is 0.151. The summed E-state index contributed by atoms with van der Waals surface area (Å²) in [5.74, 6) is 5.29. The molecule has 0 unspecified atom stereocenters. The van der Waals surface area contributed by atoms with Crippen molar-refractivity contribution in [3.05, 3.63) is 46.2 Å². The number of halogens is 3. The van der Waals surface area contributed by atoms with Gasteiger partial charge in [-0.1, -0.05) is 11.6 Å². The Balaban J connectivity index is 2.05.